The number of hydrogen-bond acceptors (Lipinski definition) is 4. The van der Waals surface area contributed by atoms with E-state index in [1.807, 2.05) is 0 Å². The van der Waals surface area contributed by atoms with Crippen LogP contribution in [0.1, 0.15) is 51.1 Å². The highest BCUT2D eigenvalue weighted by Crippen LogP contribution is 2.27. The average molecular weight is 254 g/mol. The van der Waals surface area contributed by atoms with Crippen molar-refractivity contribution in [3.05, 3.63) is 11.1 Å². The van der Waals surface area contributed by atoms with Crippen molar-refractivity contribution in [3.8, 4) is 5.19 Å². The van der Waals surface area contributed by atoms with Gasteiger partial charge in [-0.25, -0.2) is 4.98 Å². The van der Waals surface area contributed by atoms with Crippen LogP contribution in [0.15, 0.2) is 5.38 Å². The molecular weight excluding hydrogens is 232 g/mol. The quantitative estimate of drug-likeness (QED) is 0.840. The summed E-state index contributed by atoms with van der Waals surface area (Å²) in [5.41, 5.74) is 7.38. The lowest BCUT2D eigenvalue weighted by molar-refractivity contribution is 0.198. The van der Waals surface area contributed by atoms with Crippen molar-refractivity contribution in [1.29, 1.82) is 0 Å². The Kier molecular flexibility index (Phi) is 4.40. The molecule has 0 unspecified atom stereocenters. The van der Waals surface area contributed by atoms with E-state index in [1.54, 1.807) is 11.3 Å². The van der Waals surface area contributed by atoms with E-state index in [-0.39, 0.29) is 5.54 Å². The van der Waals surface area contributed by atoms with Gasteiger partial charge >= 0.3 is 0 Å². The Hall–Kier alpha value is -0.610. The Morgan fingerprint density at radius 2 is 2.06 bits per heavy atom. The SMILES string of the molecule is CCc1csc(OCC2(N)CCCCCC2)n1. The van der Waals surface area contributed by atoms with Gasteiger partial charge in [-0.2, -0.15) is 0 Å². The van der Waals surface area contributed by atoms with Crippen molar-refractivity contribution in [2.75, 3.05) is 6.61 Å². The Balaban J connectivity index is 1.87. The zero-order valence-corrected chi connectivity index (χ0v) is 11.4. The van der Waals surface area contributed by atoms with Gasteiger partial charge in [-0.15, -0.1) is 0 Å². The second-order valence-corrected chi connectivity index (χ2v) is 5.84. The molecule has 3 nitrogen and oxygen atoms in total. The molecule has 1 aromatic heterocycles. The summed E-state index contributed by atoms with van der Waals surface area (Å²) >= 11 is 1.58. The lowest BCUT2D eigenvalue weighted by Gasteiger charge is -2.27. The van der Waals surface area contributed by atoms with Crippen molar-refractivity contribution in [2.45, 2.75) is 57.4 Å². The summed E-state index contributed by atoms with van der Waals surface area (Å²) in [5.74, 6) is 0. The minimum Gasteiger partial charge on any atom is -0.468 e. The molecule has 96 valence electrons. The molecule has 0 atom stereocenters. The lowest BCUT2D eigenvalue weighted by Crippen LogP contribution is -2.45. The van der Waals surface area contributed by atoms with E-state index >= 15 is 0 Å². The summed E-state index contributed by atoms with van der Waals surface area (Å²) in [7, 11) is 0. The fourth-order valence-electron chi connectivity index (χ4n) is 2.30. The van der Waals surface area contributed by atoms with Crippen LogP contribution >= 0.6 is 11.3 Å². The molecule has 0 aliphatic heterocycles. The summed E-state index contributed by atoms with van der Waals surface area (Å²) in [6.07, 6.45) is 8.23. The molecule has 1 aliphatic carbocycles. The second kappa shape index (κ2) is 5.83. The van der Waals surface area contributed by atoms with E-state index in [0.29, 0.717) is 6.61 Å². The first kappa shape index (κ1) is 12.8. The molecule has 1 heterocycles. The van der Waals surface area contributed by atoms with Gasteiger partial charge in [0.05, 0.1) is 11.2 Å². The normalized spacial score (nSPS) is 19.9. The van der Waals surface area contributed by atoms with Crippen LogP contribution in [0.25, 0.3) is 0 Å². The van der Waals surface area contributed by atoms with Crippen LogP contribution in [0, 0.1) is 0 Å². The maximum absolute atomic E-state index is 6.40. The molecule has 2 rings (SSSR count). The van der Waals surface area contributed by atoms with E-state index in [2.05, 4.69) is 17.3 Å². The zero-order chi connectivity index (χ0) is 12.1. The average Bonchev–Trinajstić information content (AvgIpc) is 2.69. The maximum atomic E-state index is 6.40. The molecule has 0 amide bonds. The first-order chi connectivity index (χ1) is 8.22. The predicted molar refractivity (Wildman–Crippen MR) is 71.6 cm³/mol. The van der Waals surface area contributed by atoms with Gasteiger partial charge < -0.3 is 10.5 Å². The monoisotopic (exact) mass is 254 g/mol. The van der Waals surface area contributed by atoms with Crippen molar-refractivity contribution >= 4 is 11.3 Å². The van der Waals surface area contributed by atoms with Crippen LogP contribution in [0.4, 0.5) is 0 Å². The van der Waals surface area contributed by atoms with Gasteiger partial charge in [0.15, 0.2) is 0 Å². The molecule has 0 bridgehead atoms. The van der Waals surface area contributed by atoms with Crippen molar-refractivity contribution in [3.63, 3.8) is 0 Å². The third-order valence-corrected chi connectivity index (χ3v) is 4.28. The van der Waals surface area contributed by atoms with Crippen LogP contribution < -0.4 is 10.5 Å². The third-order valence-electron chi connectivity index (χ3n) is 3.48. The number of nitrogens with two attached hydrogens (primary N) is 1. The Bertz CT molecular complexity index is 343. The molecule has 0 radical (unpaired) electrons. The van der Waals surface area contributed by atoms with E-state index in [4.69, 9.17) is 10.5 Å². The number of nitrogens with zero attached hydrogens (tertiary/aromatic N) is 1. The third kappa shape index (κ3) is 3.68. The highest BCUT2D eigenvalue weighted by molar-refractivity contribution is 7.11. The summed E-state index contributed by atoms with van der Waals surface area (Å²) < 4.78 is 5.77. The Labute approximate surface area is 107 Å². The van der Waals surface area contributed by atoms with Gasteiger partial charge in [-0.05, 0) is 19.3 Å². The van der Waals surface area contributed by atoms with Gasteiger partial charge in [0.1, 0.15) is 6.61 Å². The van der Waals surface area contributed by atoms with Crippen LogP contribution in [-0.2, 0) is 6.42 Å². The van der Waals surface area contributed by atoms with E-state index in [0.717, 1.165) is 30.2 Å². The van der Waals surface area contributed by atoms with Gasteiger partial charge in [0.2, 0.25) is 0 Å². The van der Waals surface area contributed by atoms with Gasteiger partial charge in [0, 0.05) is 5.38 Å². The highest BCUT2D eigenvalue weighted by Gasteiger charge is 2.27. The number of ether oxygens (including phenoxy) is 1. The second-order valence-electron chi connectivity index (χ2n) is 5.02. The van der Waals surface area contributed by atoms with E-state index in [9.17, 15) is 0 Å². The molecular formula is C13H22N2OS. The molecule has 1 fully saturated rings. The lowest BCUT2D eigenvalue weighted by atomic mass is 9.93. The van der Waals surface area contributed by atoms with Crippen LogP contribution in [0.2, 0.25) is 0 Å². The Morgan fingerprint density at radius 1 is 1.35 bits per heavy atom. The van der Waals surface area contributed by atoms with Crippen molar-refractivity contribution in [2.24, 2.45) is 5.73 Å². The van der Waals surface area contributed by atoms with E-state index in [1.165, 1.54) is 25.7 Å². The minimum atomic E-state index is -0.130. The molecule has 1 saturated carbocycles. The van der Waals surface area contributed by atoms with Gasteiger partial charge in [0.25, 0.3) is 5.19 Å². The minimum absolute atomic E-state index is 0.130. The molecule has 17 heavy (non-hydrogen) atoms. The zero-order valence-electron chi connectivity index (χ0n) is 10.6. The molecule has 2 N–H and O–H groups in total. The number of hydrogen-bond donors (Lipinski definition) is 1. The summed E-state index contributed by atoms with van der Waals surface area (Å²) in [6, 6.07) is 0. The topological polar surface area (TPSA) is 48.1 Å². The summed E-state index contributed by atoms with van der Waals surface area (Å²) in [5, 5.41) is 2.84. The van der Waals surface area contributed by atoms with Crippen LogP contribution in [0.5, 0.6) is 5.19 Å². The fourth-order valence-corrected chi connectivity index (χ4v) is 3.05. The van der Waals surface area contributed by atoms with Crippen molar-refractivity contribution in [1.82, 2.24) is 4.98 Å². The molecule has 0 aromatic carbocycles. The van der Waals surface area contributed by atoms with Crippen LogP contribution in [-0.4, -0.2) is 17.1 Å². The highest BCUT2D eigenvalue weighted by atomic mass is 32.1. The number of rotatable bonds is 4. The van der Waals surface area contributed by atoms with Crippen molar-refractivity contribution < 1.29 is 4.74 Å². The summed E-state index contributed by atoms with van der Waals surface area (Å²) in [4.78, 5) is 4.41. The van der Waals surface area contributed by atoms with E-state index < -0.39 is 0 Å². The predicted octanol–water partition coefficient (Wildman–Crippen LogP) is 3.14. The van der Waals surface area contributed by atoms with Gasteiger partial charge in [-0.1, -0.05) is 43.9 Å². The largest absolute Gasteiger partial charge is 0.468 e. The fraction of sp³-hybridized carbons (Fsp3) is 0.769. The number of aromatic nitrogens is 1. The molecule has 0 saturated heterocycles. The maximum Gasteiger partial charge on any atom is 0.273 e. The first-order valence-corrected chi connectivity index (χ1v) is 7.46. The molecule has 1 aromatic rings. The smallest absolute Gasteiger partial charge is 0.273 e. The number of aryl methyl sites for hydroxylation is 1. The first-order valence-electron chi connectivity index (χ1n) is 6.58. The number of thiazole rings is 1. The van der Waals surface area contributed by atoms with Crippen LogP contribution in [0.3, 0.4) is 0 Å². The molecule has 4 heteroatoms. The standard InChI is InChI=1S/C13H22N2OS/c1-2-11-9-17-12(15-11)16-10-13(14)7-5-3-4-6-8-13/h9H,2-8,10,14H2,1H3. The van der Waals surface area contributed by atoms with Gasteiger partial charge in [-0.3, -0.25) is 0 Å². The molecule has 1 aliphatic rings. The Morgan fingerprint density at radius 3 is 2.65 bits per heavy atom. The molecule has 0 spiro atoms. The summed E-state index contributed by atoms with van der Waals surface area (Å²) in [6.45, 7) is 2.72.